The van der Waals surface area contributed by atoms with Crippen molar-refractivity contribution in [2.45, 2.75) is 0 Å². The molecule has 1 N–H and O–H groups in total. The molecule has 2 aromatic rings. The van der Waals surface area contributed by atoms with Crippen LogP contribution in [-0.4, -0.2) is 60.5 Å². The van der Waals surface area contributed by atoms with Crippen LogP contribution in [0.15, 0.2) is 48.5 Å². The molecule has 1 aliphatic rings. The van der Waals surface area contributed by atoms with Crippen LogP contribution in [0.1, 0.15) is 0 Å². The monoisotopic (exact) mass is 419 g/mol. The standard InChI is InChI=1S/C20H25N3O5S/c1-22(29(2,25)26)17-7-9-19(10-8-17)28-15-20(24)21-16-3-5-18(6-4-16)23-11-13-27-14-12-23/h3-10H,11-15H2,1-2H3,(H,21,24). The van der Waals surface area contributed by atoms with E-state index in [1.807, 2.05) is 24.3 Å². The highest BCUT2D eigenvalue weighted by atomic mass is 32.2. The van der Waals surface area contributed by atoms with E-state index in [2.05, 4.69) is 10.2 Å². The molecule has 0 atom stereocenters. The normalized spacial score (nSPS) is 14.3. The van der Waals surface area contributed by atoms with Crippen LogP contribution in [0.2, 0.25) is 0 Å². The van der Waals surface area contributed by atoms with Gasteiger partial charge in [0, 0.05) is 31.5 Å². The summed E-state index contributed by atoms with van der Waals surface area (Å²) in [6.07, 6.45) is 1.13. The van der Waals surface area contributed by atoms with Crippen molar-refractivity contribution in [1.82, 2.24) is 0 Å². The minimum Gasteiger partial charge on any atom is -0.484 e. The zero-order chi connectivity index (χ0) is 20.9. The summed E-state index contributed by atoms with van der Waals surface area (Å²) in [5, 5.41) is 2.80. The van der Waals surface area contributed by atoms with Crippen LogP contribution in [0.4, 0.5) is 17.1 Å². The Hall–Kier alpha value is -2.78. The first-order valence-electron chi connectivity index (χ1n) is 9.22. The van der Waals surface area contributed by atoms with Gasteiger partial charge in [-0.3, -0.25) is 9.10 Å². The Morgan fingerprint density at radius 1 is 1.10 bits per heavy atom. The first-order valence-corrected chi connectivity index (χ1v) is 11.1. The van der Waals surface area contributed by atoms with Gasteiger partial charge in [-0.2, -0.15) is 0 Å². The second-order valence-corrected chi connectivity index (χ2v) is 8.72. The molecule has 0 saturated carbocycles. The molecule has 0 aliphatic carbocycles. The van der Waals surface area contributed by atoms with Gasteiger partial charge in [-0.25, -0.2) is 8.42 Å². The van der Waals surface area contributed by atoms with Gasteiger partial charge < -0.3 is 19.7 Å². The van der Waals surface area contributed by atoms with Gasteiger partial charge in [0.2, 0.25) is 10.0 Å². The number of sulfonamides is 1. The Kier molecular flexibility index (Phi) is 6.60. The number of nitrogens with zero attached hydrogens (tertiary/aromatic N) is 2. The maximum absolute atomic E-state index is 12.1. The van der Waals surface area contributed by atoms with E-state index in [0.29, 0.717) is 17.1 Å². The minimum atomic E-state index is -3.32. The number of anilines is 3. The van der Waals surface area contributed by atoms with Crippen molar-refractivity contribution in [3.05, 3.63) is 48.5 Å². The lowest BCUT2D eigenvalue weighted by atomic mass is 10.2. The molecule has 1 saturated heterocycles. The van der Waals surface area contributed by atoms with Crippen molar-refractivity contribution in [2.75, 3.05) is 60.7 Å². The molecule has 8 nitrogen and oxygen atoms in total. The highest BCUT2D eigenvalue weighted by molar-refractivity contribution is 7.92. The molecule has 0 radical (unpaired) electrons. The number of amides is 1. The molecule has 2 aromatic carbocycles. The third kappa shape index (κ3) is 5.85. The zero-order valence-corrected chi connectivity index (χ0v) is 17.3. The molecule has 1 fully saturated rings. The summed E-state index contributed by atoms with van der Waals surface area (Å²) in [6, 6.07) is 14.2. The first-order chi connectivity index (χ1) is 13.8. The minimum absolute atomic E-state index is 0.146. The molecule has 3 rings (SSSR count). The number of hydrogen-bond donors (Lipinski definition) is 1. The molecule has 1 heterocycles. The average Bonchev–Trinajstić information content (AvgIpc) is 2.73. The molecule has 29 heavy (non-hydrogen) atoms. The van der Waals surface area contributed by atoms with Crippen LogP contribution in [0.3, 0.4) is 0 Å². The summed E-state index contributed by atoms with van der Waals surface area (Å²) in [5.74, 6) is 0.204. The third-order valence-electron chi connectivity index (χ3n) is 4.60. The van der Waals surface area contributed by atoms with E-state index in [1.165, 1.54) is 11.4 Å². The Bertz CT molecular complexity index is 924. The number of carbonyl (C=O) groups is 1. The summed E-state index contributed by atoms with van der Waals surface area (Å²) >= 11 is 0. The lowest BCUT2D eigenvalue weighted by molar-refractivity contribution is -0.118. The van der Waals surface area contributed by atoms with E-state index in [1.54, 1.807) is 24.3 Å². The van der Waals surface area contributed by atoms with Gasteiger partial charge in [0.05, 0.1) is 25.2 Å². The summed E-state index contributed by atoms with van der Waals surface area (Å²) in [7, 11) is -1.85. The largest absolute Gasteiger partial charge is 0.484 e. The predicted molar refractivity (Wildman–Crippen MR) is 113 cm³/mol. The van der Waals surface area contributed by atoms with Crippen molar-refractivity contribution in [2.24, 2.45) is 0 Å². The first kappa shape index (κ1) is 20.9. The van der Waals surface area contributed by atoms with E-state index >= 15 is 0 Å². The lowest BCUT2D eigenvalue weighted by Gasteiger charge is -2.28. The number of rotatable bonds is 7. The fourth-order valence-corrected chi connectivity index (χ4v) is 3.37. The second kappa shape index (κ2) is 9.15. The number of nitrogens with one attached hydrogen (secondary N) is 1. The summed E-state index contributed by atoms with van der Waals surface area (Å²) in [5.41, 5.74) is 2.31. The fraction of sp³-hybridized carbons (Fsp3) is 0.350. The van der Waals surface area contributed by atoms with Crippen LogP contribution >= 0.6 is 0 Å². The highest BCUT2D eigenvalue weighted by Gasteiger charge is 2.13. The number of benzene rings is 2. The van der Waals surface area contributed by atoms with Gasteiger partial charge in [-0.05, 0) is 48.5 Å². The predicted octanol–water partition coefficient (Wildman–Crippen LogP) is 1.94. The van der Waals surface area contributed by atoms with E-state index in [-0.39, 0.29) is 12.5 Å². The van der Waals surface area contributed by atoms with Crippen molar-refractivity contribution < 1.29 is 22.7 Å². The zero-order valence-electron chi connectivity index (χ0n) is 16.5. The van der Waals surface area contributed by atoms with Gasteiger partial charge >= 0.3 is 0 Å². The van der Waals surface area contributed by atoms with Gasteiger partial charge in [-0.15, -0.1) is 0 Å². The van der Waals surface area contributed by atoms with Crippen LogP contribution < -0.4 is 19.3 Å². The van der Waals surface area contributed by atoms with Crippen LogP contribution in [0, 0.1) is 0 Å². The molecular weight excluding hydrogens is 394 g/mol. The maximum atomic E-state index is 12.1. The Labute approximate surface area is 171 Å². The van der Waals surface area contributed by atoms with Crippen molar-refractivity contribution >= 4 is 33.0 Å². The van der Waals surface area contributed by atoms with Crippen LogP contribution in [0.25, 0.3) is 0 Å². The van der Waals surface area contributed by atoms with Crippen LogP contribution in [0.5, 0.6) is 5.75 Å². The summed E-state index contributed by atoms with van der Waals surface area (Å²) in [6.45, 7) is 3.02. The molecule has 0 unspecified atom stereocenters. The molecular formula is C20H25N3O5S. The van der Waals surface area contributed by atoms with E-state index in [0.717, 1.165) is 38.2 Å². The topological polar surface area (TPSA) is 88.2 Å². The van der Waals surface area contributed by atoms with Crippen LogP contribution in [-0.2, 0) is 19.6 Å². The molecule has 156 valence electrons. The Balaban J connectivity index is 1.49. The van der Waals surface area contributed by atoms with Gasteiger partial charge in [0.25, 0.3) is 5.91 Å². The molecule has 9 heteroatoms. The quantitative estimate of drug-likeness (QED) is 0.738. The molecule has 0 spiro atoms. The fourth-order valence-electron chi connectivity index (χ4n) is 2.87. The Morgan fingerprint density at radius 3 is 2.31 bits per heavy atom. The van der Waals surface area contributed by atoms with E-state index < -0.39 is 10.0 Å². The van der Waals surface area contributed by atoms with Crippen molar-refractivity contribution in [1.29, 1.82) is 0 Å². The molecule has 1 aliphatic heterocycles. The molecule has 0 bridgehead atoms. The van der Waals surface area contributed by atoms with E-state index in [9.17, 15) is 13.2 Å². The SMILES string of the molecule is CN(c1ccc(OCC(=O)Nc2ccc(N3CCOCC3)cc2)cc1)S(C)(=O)=O. The summed E-state index contributed by atoms with van der Waals surface area (Å²) < 4.78 is 35.1. The smallest absolute Gasteiger partial charge is 0.262 e. The number of carbonyl (C=O) groups excluding carboxylic acids is 1. The number of hydrogen-bond acceptors (Lipinski definition) is 6. The maximum Gasteiger partial charge on any atom is 0.262 e. The number of morpholine rings is 1. The van der Waals surface area contributed by atoms with E-state index in [4.69, 9.17) is 9.47 Å². The van der Waals surface area contributed by atoms with Gasteiger partial charge in [0.15, 0.2) is 6.61 Å². The molecule has 0 aromatic heterocycles. The Morgan fingerprint density at radius 2 is 1.72 bits per heavy atom. The second-order valence-electron chi connectivity index (χ2n) is 6.71. The van der Waals surface area contributed by atoms with Crippen molar-refractivity contribution in [3.63, 3.8) is 0 Å². The van der Waals surface area contributed by atoms with Gasteiger partial charge in [-0.1, -0.05) is 0 Å². The van der Waals surface area contributed by atoms with Gasteiger partial charge in [0.1, 0.15) is 5.75 Å². The highest BCUT2D eigenvalue weighted by Crippen LogP contribution is 2.21. The molecule has 1 amide bonds. The average molecular weight is 420 g/mol. The lowest BCUT2D eigenvalue weighted by Crippen LogP contribution is -2.36. The third-order valence-corrected chi connectivity index (χ3v) is 5.80. The summed E-state index contributed by atoms with van der Waals surface area (Å²) in [4.78, 5) is 14.4. The van der Waals surface area contributed by atoms with Crippen molar-refractivity contribution in [3.8, 4) is 5.75 Å². The number of ether oxygens (including phenoxy) is 2.